The number of hydrogen-bond acceptors (Lipinski definition) is 6. The van der Waals surface area contributed by atoms with E-state index in [0.717, 1.165) is 5.56 Å². The van der Waals surface area contributed by atoms with Crippen LogP contribution in [0.2, 0.25) is 0 Å². The van der Waals surface area contributed by atoms with Crippen LogP contribution in [0.1, 0.15) is 30.2 Å². The van der Waals surface area contributed by atoms with Crippen LogP contribution in [0.3, 0.4) is 0 Å². The molecule has 0 atom stereocenters. The minimum Gasteiger partial charge on any atom is -0.496 e. The molecule has 0 N–H and O–H groups in total. The van der Waals surface area contributed by atoms with Crippen LogP contribution in [0.5, 0.6) is 5.75 Å². The Balaban J connectivity index is 1.45. The number of aromatic nitrogens is 2. The van der Waals surface area contributed by atoms with Gasteiger partial charge in [0.25, 0.3) is 0 Å². The predicted molar refractivity (Wildman–Crippen MR) is 108 cm³/mol. The van der Waals surface area contributed by atoms with E-state index in [2.05, 4.69) is 10.2 Å². The van der Waals surface area contributed by atoms with Crippen LogP contribution < -0.4 is 4.74 Å². The van der Waals surface area contributed by atoms with Crippen molar-refractivity contribution in [3.05, 3.63) is 59.7 Å². The number of piperidine rings is 1. The van der Waals surface area contributed by atoms with Gasteiger partial charge in [-0.25, -0.2) is 12.8 Å². The van der Waals surface area contributed by atoms with E-state index in [1.54, 1.807) is 37.4 Å². The second kappa shape index (κ2) is 8.16. The topological polar surface area (TPSA) is 85.5 Å². The summed E-state index contributed by atoms with van der Waals surface area (Å²) < 4.78 is 51.6. The van der Waals surface area contributed by atoms with Crippen LogP contribution in [0, 0.1) is 12.7 Å². The van der Waals surface area contributed by atoms with Crippen molar-refractivity contribution >= 4 is 10.0 Å². The SMILES string of the molecule is COc1ccc(S(=O)(=O)N2CCC(c3nnc(-c4ccc(F)cc4)o3)CC2)cc1C. The summed E-state index contributed by atoms with van der Waals surface area (Å²) in [6.45, 7) is 2.55. The first-order valence-electron chi connectivity index (χ1n) is 9.62. The van der Waals surface area contributed by atoms with E-state index in [1.165, 1.54) is 16.4 Å². The number of aryl methyl sites for hydroxylation is 1. The molecule has 0 spiro atoms. The Kier molecular flexibility index (Phi) is 5.57. The molecule has 0 amide bonds. The third-order valence-electron chi connectivity index (χ3n) is 5.34. The summed E-state index contributed by atoms with van der Waals surface area (Å²) in [6, 6.07) is 10.7. The van der Waals surface area contributed by atoms with Crippen LogP contribution in [0.4, 0.5) is 4.39 Å². The fourth-order valence-corrected chi connectivity index (χ4v) is 5.17. The Labute approximate surface area is 174 Å². The van der Waals surface area contributed by atoms with Gasteiger partial charge in [-0.05, 0) is 67.8 Å². The standard InChI is InChI=1S/C21H22FN3O4S/c1-14-13-18(7-8-19(14)28-2)30(26,27)25-11-9-16(10-12-25)21-24-23-20(29-21)15-3-5-17(22)6-4-15/h3-8,13,16H,9-12H2,1-2H3. The molecule has 1 aromatic heterocycles. The van der Waals surface area contributed by atoms with Gasteiger partial charge in [0.15, 0.2) is 0 Å². The van der Waals surface area contributed by atoms with Crippen molar-refractivity contribution < 1.29 is 22.0 Å². The molecule has 0 aliphatic carbocycles. The first-order valence-corrected chi connectivity index (χ1v) is 11.1. The molecule has 30 heavy (non-hydrogen) atoms. The summed E-state index contributed by atoms with van der Waals surface area (Å²) in [5.74, 6) is 1.11. The van der Waals surface area contributed by atoms with Crippen molar-refractivity contribution in [2.45, 2.75) is 30.6 Å². The third kappa shape index (κ3) is 3.95. The Morgan fingerprint density at radius 2 is 1.80 bits per heavy atom. The van der Waals surface area contributed by atoms with Gasteiger partial charge in [0.1, 0.15) is 11.6 Å². The number of nitrogens with zero attached hydrogens (tertiary/aromatic N) is 3. The number of methoxy groups -OCH3 is 1. The van der Waals surface area contributed by atoms with E-state index < -0.39 is 10.0 Å². The maximum atomic E-state index is 13.1. The highest BCUT2D eigenvalue weighted by Gasteiger charge is 2.32. The van der Waals surface area contributed by atoms with Gasteiger partial charge in [-0.15, -0.1) is 10.2 Å². The second-order valence-electron chi connectivity index (χ2n) is 7.26. The van der Waals surface area contributed by atoms with Crippen LogP contribution in [-0.2, 0) is 10.0 Å². The number of benzene rings is 2. The maximum absolute atomic E-state index is 13.1. The molecule has 0 unspecified atom stereocenters. The summed E-state index contributed by atoms with van der Waals surface area (Å²) in [6.07, 6.45) is 1.17. The van der Waals surface area contributed by atoms with E-state index in [4.69, 9.17) is 9.15 Å². The van der Waals surface area contributed by atoms with E-state index in [0.29, 0.717) is 49.0 Å². The molecule has 3 aromatic rings. The Morgan fingerprint density at radius 3 is 2.43 bits per heavy atom. The molecule has 7 nitrogen and oxygen atoms in total. The molecular formula is C21H22FN3O4S. The van der Waals surface area contributed by atoms with Crippen molar-refractivity contribution in [2.75, 3.05) is 20.2 Å². The van der Waals surface area contributed by atoms with Gasteiger partial charge < -0.3 is 9.15 Å². The highest BCUT2D eigenvalue weighted by molar-refractivity contribution is 7.89. The van der Waals surface area contributed by atoms with E-state index in [-0.39, 0.29) is 16.6 Å². The highest BCUT2D eigenvalue weighted by Crippen LogP contribution is 2.32. The molecule has 9 heteroatoms. The van der Waals surface area contributed by atoms with Gasteiger partial charge in [0.2, 0.25) is 21.8 Å². The quantitative estimate of drug-likeness (QED) is 0.611. The summed E-state index contributed by atoms with van der Waals surface area (Å²) in [7, 11) is -2.03. The van der Waals surface area contributed by atoms with Gasteiger partial charge in [0.05, 0.1) is 12.0 Å². The zero-order chi connectivity index (χ0) is 21.3. The molecule has 1 fully saturated rings. The van der Waals surface area contributed by atoms with Gasteiger partial charge in [-0.1, -0.05) is 0 Å². The lowest BCUT2D eigenvalue weighted by molar-refractivity contribution is 0.291. The van der Waals surface area contributed by atoms with Crippen molar-refractivity contribution in [3.8, 4) is 17.2 Å². The van der Waals surface area contributed by atoms with Crippen LogP contribution in [-0.4, -0.2) is 43.1 Å². The molecule has 1 saturated heterocycles. The lowest BCUT2D eigenvalue weighted by atomic mass is 9.98. The minimum atomic E-state index is -3.58. The molecule has 1 aliphatic heterocycles. The predicted octanol–water partition coefficient (Wildman–Crippen LogP) is 3.76. The maximum Gasteiger partial charge on any atom is 0.247 e. The molecule has 0 radical (unpaired) electrons. The molecule has 158 valence electrons. The molecule has 0 bridgehead atoms. The number of sulfonamides is 1. The van der Waals surface area contributed by atoms with Gasteiger partial charge in [0, 0.05) is 24.6 Å². The van der Waals surface area contributed by atoms with Gasteiger partial charge in [-0.3, -0.25) is 0 Å². The van der Waals surface area contributed by atoms with Gasteiger partial charge in [-0.2, -0.15) is 4.31 Å². The summed E-state index contributed by atoms with van der Waals surface area (Å²) in [4.78, 5) is 0.260. The average Bonchev–Trinajstić information content (AvgIpc) is 3.24. The summed E-state index contributed by atoms with van der Waals surface area (Å²) in [5, 5.41) is 8.17. The first kappa shape index (κ1) is 20.5. The molecule has 1 aliphatic rings. The van der Waals surface area contributed by atoms with Gasteiger partial charge >= 0.3 is 0 Å². The molecule has 2 heterocycles. The summed E-state index contributed by atoms with van der Waals surface area (Å²) >= 11 is 0. The third-order valence-corrected chi connectivity index (χ3v) is 7.23. The number of hydrogen-bond donors (Lipinski definition) is 0. The van der Waals surface area contributed by atoms with Crippen molar-refractivity contribution in [3.63, 3.8) is 0 Å². The smallest absolute Gasteiger partial charge is 0.247 e. The van der Waals surface area contributed by atoms with Crippen LogP contribution >= 0.6 is 0 Å². The van der Waals surface area contributed by atoms with E-state index in [1.807, 2.05) is 6.92 Å². The molecule has 0 saturated carbocycles. The number of ether oxygens (including phenoxy) is 1. The fourth-order valence-electron chi connectivity index (χ4n) is 3.61. The van der Waals surface area contributed by atoms with Crippen molar-refractivity contribution in [1.29, 1.82) is 0 Å². The number of rotatable bonds is 5. The van der Waals surface area contributed by atoms with E-state index >= 15 is 0 Å². The van der Waals surface area contributed by atoms with Crippen molar-refractivity contribution in [1.82, 2.24) is 14.5 Å². The van der Waals surface area contributed by atoms with Crippen LogP contribution in [0.15, 0.2) is 51.8 Å². The van der Waals surface area contributed by atoms with Crippen molar-refractivity contribution in [2.24, 2.45) is 0 Å². The van der Waals surface area contributed by atoms with E-state index in [9.17, 15) is 12.8 Å². The second-order valence-corrected chi connectivity index (χ2v) is 9.20. The first-order chi connectivity index (χ1) is 14.4. The van der Waals surface area contributed by atoms with Crippen LogP contribution in [0.25, 0.3) is 11.5 Å². The minimum absolute atomic E-state index is 0.0178. The number of halogens is 1. The average molecular weight is 431 g/mol. The summed E-state index contributed by atoms with van der Waals surface area (Å²) in [5.41, 5.74) is 1.41. The lowest BCUT2D eigenvalue weighted by Crippen LogP contribution is -2.38. The Morgan fingerprint density at radius 1 is 1.10 bits per heavy atom. The zero-order valence-corrected chi connectivity index (χ0v) is 17.5. The normalized spacial score (nSPS) is 16.0. The highest BCUT2D eigenvalue weighted by atomic mass is 32.2. The zero-order valence-electron chi connectivity index (χ0n) is 16.7. The molecule has 2 aromatic carbocycles. The Hall–Kier alpha value is -2.78. The monoisotopic (exact) mass is 431 g/mol. The Bertz CT molecular complexity index is 1140. The lowest BCUT2D eigenvalue weighted by Gasteiger charge is -2.29. The molecular weight excluding hydrogens is 409 g/mol. The fraction of sp³-hybridized carbons (Fsp3) is 0.333. The largest absolute Gasteiger partial charge is 0.496 e. The molecule has 4 rings (SSSR count).